The van der Waals surface area contributed by atoms with Gasteiger partial charge < -0.3 is 5.32 Å². The molecule has 126 valence electrons. The first-order valence-corrected chi connectivity index (χ1v) is 8.59. The van der Waals surface area contributed by atoms with E-state index in [1.54, 1.807) is 17.0 Å². The summed E-state index contributed by atoms with van der Waals surface area (Å²) in [7, 11) is 0. The Morgan fingerprint density at radius 3 is 2.80 bits per heavy atom. The number of hydrogen-bond donors (Lipinski definition) is 1. The lowest BCUT2D eigenvalue weighted by Crippen LogP contribution is -2.07. The third-order valence-corrected chi connectivity index (χ3v) is 4.46. The zero-order valence-electron chi connectivity index (χ0n) is 13.7. The average Bonchev–Trinajstić information content (AvgIpc) is 3.05. The second-order valence-corrected chi connectivity index (χ2v) is 6.47. The third-order valence-electron chi connectivity index (χ3n) is 3.57. The molecule has 0 spiro atoms. The minimum Gasteiger partial charge on any atom is -0.323 e. The fraction of sp³-hybridized carbons (Fsp3) is 0.105. The Bertz CT molecular complexity index is 903. The van der Waals surface area contributed by atoms with Gasteiger partial charge in [0.2, 0.25) is 5.91 Å². The summed E-state index contributed by atoms with van der Waals surface area (Å²) in [6.45, 7) is 2.62. The van der Waals surface area contributed by atoms with E-state index >= 15 is 0 Å². The predicted octanol–water partition coefficient (Wildman–Crippen LogP) is 4.05. The first-order valence-electron chi connectivity index (χ1n) is 7.79. The van der Waals surface area contributed by atoms with Gasteiger partial charge in [-0.3, -0.25) is 4.79 Å². The minimum atomic E-state index is -0.209. The van der Waals surface area contributed by atoms with Crippen LogP contribution < -0.4 is 5.32 Å². The molecule has 0 saturated carbocycles. The Labute approximate surface area is 154 Å². The second kappa shape index (κ2) is 7.90. The number of aromatic nitrogens is 3. The summed E-state index contributed by atoms with van der Waals surface area (Å²) in [5.41, 5.74) is 3.60. The van der Waals surface area contributed by atoms with Crippen LogP contribution in [0.25, 0.3) is 6.08 Å². The van der Waals surface area contributed by atoms with Crippen LogP contribution in [0.5, 0.6) is 0 Å². The maximum Gasteiger partial charge on any atom is 0.248 e. The van der Waals surface area contributed by atoms with Crippen LogP contribution in [0.2, 0.25) is 0 Å². The highest BCUT2D eigenvalue weighted by Gasteiger charge is 2.02. The van der Waals surface area contributed by atoms with E-state index in [9.17, 15) is 4.79 Å². The van der Waals surface area contributed by atoms with Gasteiger partial charge in [-0.2, -0.15) is 0 Å². The van der Waals surface area contributed by atoms with Gasteiger partial charge in [0, 0.05) is 16.2 Å². The SMILES string of the molecule is Cc1cc(NC(=O)/C=C/c2cn(Cc3ccccc3)nn2)ccc1Br. The van der Waals surface area contributed by atoms with E-state index in [0.717, 1.165) is 21.3 Å². The smallest absolute Gasteiger partial charge is 0.248 e. The zero-order valence-corrected chi connectivity index (χ0v) is 15.3. The molecular weight excluding hydrogens is 380 g/mol. The van der Waals surface area contributed by atoms with Crippen LogP contribution in [0.1, 0.15) is 16.8 Å². The third kappa shape index (κ3) is 4.87. The van der Waals surface area contributed by atoms with Gasteiger partial charge in [-0.25, -0.2) is 4.68 Å². The maximum absolute atomic E-state index is 12.0. The van der Waals surface area contributed by atoms with Crippen LogP contribution >= 0.6 is 15.9 Å². The predicted molar refractivity (Wildman–Crippen MR) is 102 cm³/mol. The molecule has 5 nitrogen and oxygen atoms in total. The van der Waals surface area contributed by atoms with Crippen LogP contribution in [0, 0.1) is 6.92 Å². The maximum atomic E-state index is 12.0. The molecule has 1 N–H and O–H groups in total. The summed E-state index contributed by atoms with van der Waals surface area (Å²) in [4.78, 5) is 12.0. The summed E-state index contributed by atoms with van der Waals surface area (Å²) >= 11 is 3.44. The van der Waals surface area contributed by atoms with Gasteiger partial charge in [0.15, 0.2) is 0 Å². The molecule has 1 aromatic heterocycles. The second-order valence-electron chi connectivity index (χ2n) is 5.61. The number of hydrogen-bond acceptors (Lipinski definition) is 3. The Balaban J connectivity index is 1.60. The monoisotopic (exact) mass is 396 g/mol. The Morgan fingerprint density at radius 2 is 2.04 bits per heavy atom. The van der Waals surface area contributed by atoms with Gasteiger partial charge in [0.05, 0.1) is 12.7 Å². The Hall–Kier alpha value is -2.73. The van der Waals surface area contributed by atoms with Gasteiger partial charge in [-0.1, -0.05) is 51.5 Å². The summed E-state index contributed by atoms with van der Waals surface area (Å²) in [5.74, 6) is -0.209. The van der Waals surface area contributed by atoms with Crippen molar-refractivity contribution >= 4 is 33.6 Å². The highest BCUT2D eigenvalue weighted by atomic mass is 79.9. The number of aryl methyl sites for hydroxylation is 1. The average molecular weight is 397 g/mol. The molecule has 0 saturated heterocycles. The fourth-order valence-corrected chi connectivity index (χ4v) is 2.55. The number of halogens is 1. The normalized spacial score (nSPS) is 11.0. The quantitative estimate of drug-likeness (QED) is 0.661. The number of benzene rings is 2. The lowest BCUT2D eigenvalue weighted by Gasteiger charge is -2.04. The van der Waals surface area contributed by atoms with Crippen LogP contribution in [0.4, 0.5) is 5.69 Å². The summed E-state index contributed by atoms with van der Waals surface area (Å²) < 4.78 is 2.75. The van der Waals surface area contributed by atoms with Crippen molar-refractivity contribution in [3.8, 4) is 0 Å². The molecule has 0 aliphatic heterocycles. The van der Waals surface area contributed by atoms with E-state index in [1.165, 1.54) is 6.08 Å². The van der Waals surface area contributed by atoms with E-state index in [2.05, 4.69) is 31.6 Å². The highest BCUT2D eigenvalue weighted by Crippen LogP contribution is 2.20. The van der Waals surface area contributed by atoms with Gasteiger partial charge in [0.25, 0.3) is 0 Å². The molecule has 1 heterocycles. The topological polar surface area (TPSA) is 59.8 Å². The molecule has 0 radical (unpaired) electrons. The van der Waals surface area contributed by atoms with Gasteiger partial charge in [0.1, 0.15) is 5.69 Å². The molecule has 2 aromatic carbocycles. The minimum absolute atomic E-state index is 0.209. The lowest BCUT2D eigenvalue weighted by atomic mass is 10.2. The van der Waals surface area contributed by atoms with E-state index in [4.69, 9.17) is 0 Å². The lowest BCUT2D eigenvalue weighted by molar-refractivity contribution is -0.111. The number of carbonyl (C=O) groups is 1. The molecule has 3 aromatic rings. The number of rotatable bonds is 5. The highest BCUT2D eigenvalue weighted by molar-refractivity contribution is 9.10. The number of carbonyl (C=O) groups excluding carboxylic acids is 1. The van der Waals surface area contributed by atoms with E-state index < -0.39 is 0 Å². The van der Waals surface area contributed by atoms with Gasteiger partial charge in [-0.05, 0) is 42.3 Å². The molecule has 0 atom stereocenters. The van der Waals surface area contributed by atoms with Crippen molar-refractivity contribution in [2.24, 2.45) is 0 Å². The molecular formula is C19H17BrN4O. The van der Waals surface area contributed by atoms with E-state index in [1.807, 2.05) is 55.5 Å². The summed E-state index contributed by atoms with van der Waals surface area (Å²) in [6, 6.07) is 15.7. The van der Waals surface area contributed by atoms with Crippen molar-refractivity contribution in [1.82, 2.24) is 15.0 Å². The van der Waals surface area contributed by atoms with Gasteiger partial charge in [-0.15, -0.1) is 5.10 Å². The van der Waals surface area contributed by atoms with Crippen molar-refractivity contribution < 1.29 is 4.79 Å². The Morgan fingerprint density at radius 1 is 1.24 bits per heavy atom. The summed E-state index contributed by atoms with van der Waals surface area (Å²) in [6.07, 6.45) is 4.91. The molecule has 0 aliphatic rings. The van der Waals surface area contributed by atoms with Crippen molar-refractivity contribution in [2.75, 3.05) is 5.32 Å². The Kier molecular flexibility index (Phi) is 5.40. The van der Waals surface area contributed by atoms with Crippen LogP contribution in [-0.2, 0) is 11.3 Å². The van der Waals surface area contributed by atoms with E-state index in [0.29, 0.717) is 12.2 Å². The van der Waals surface area contributed by atoms with Crippen LogP contribution in [0.15, 0.2) is 65.3 Å². The summed E-state index contributed by atoms with van der Waals surface area (Å²) in [5, 5.41) is 11.0. The van der Waals surface area contributed by atoms with Crippen molar-refractivity contribution in [3.05, 3.63) is 82.1 Å². The molecule has 25 heavy (non-hydrogen) atoms. The van der Waals surface area contributed by atoms with Gasteiger partial charge >= 0.3 is 0 Å². The number of amides is 1. The van der Waals surface area contributed by atoms with Crippen molar-refractivity contribution in [2.45, 2.75) is 13.5 Å². The molecule has 0 fully saturated rings. The van der Waals surface area contributed by atoms with Crippen LogP contribution in [-0.4, -0.2) is 20.9 Å². The van der Waals surface area contributed by atoms with Crippen molar-refractivity contribution in [1.29, 1.82) is 0 Å². The fourth-order valence-electron chi connectivity index (χ4n) is 2.30. The van der Waals surface area contributed by atoms with E-state index in [-0.39, 0.29) is 5.91 Å². The first-order chi connectivity index (χ1) is 12.1. The van der Waals surface area contributed by atoms with Crippen molar-refractivity contribution in [3.63, 3.8) is 0 Å². The molecule has 1 amide bonds. The number of nitrogens with one attached hydrogen (secondary N) is 1. The molecule has 3 rings (SSSR count). The number of anilines is 1. The largest absolute Gasteiger partial charge is 0.323 e. The molecule has 0 unspecified atom stereocenters. The standard InChI is InChI=1S/C19H17BrN4O/c1-14-11-16(7-9-18(14)20)21-19(25)10-8-17-13-24(23-22-17)12-15-5-3-2-4-6-15/h2-11,13H,12H2,1H3,(H,21,25)/b10-8+. The zero-order chi connectivity index (χ0) is 17.6. The molecule has 0 aliphatic carbocycles. The molecule has 6 heteroatoms. The number of nitrogens with zero attached hydrogens (tertiary/aromatic N) is 3. The molecule has 0 bridgehead atoms. The van der Waals surface area contributed by atoms with Crippen LogP contribution in [0.3, 0.4) is 0 Å². The first kappa shape index (κ1) is 17.1.